The van der Waals surface area contributed by atoms with Crippen LogP contribution in [0.1, 0.15) is 32.6 Å². The summed E-state index contributed by atoms with van der Waals surface area (Å²) >= 11 is 0. The summed E-state index contributed by atoms with van der Waals surface area (Å²) in [5.74, 6) is -1.11. The van der Waals surface area contributed by atoms with E-state index in [2.05, 4.69) is 12.2 Å². The Labute approximate surface area is 84.0 Å². The first-order chi connectivity index (χ1) is 6.75. The SMILES string of the molecule is CCCCCNC(=O)C1CCOC1=O. The van der Waals surface area contributed by atoms with E-state index in [1.165, 1.54) is 0 Å². The van der Waals surface area contributed by atoms with Crippen LogP contribution in [0, 0.1) is 5.92 Å². The summed E-state index contributed by atoms with van der Waals surface area (Å²) in [7, 11) is 0. The molecule has 1 fully saturated rings. The molecule has 1 aliphatic rings. The fourth-order valence-electron chi connectivity index (χ4n) is 1.44. The Balaban J connectivity index is 2.18. The number of cyclic esters (lactones) is 1. The molecule has 1 amide bonds. The zero-order chi connectivity index (χ0) is 10.4. The van der Waals surface area contributed by atoms with E-state index >= 15 is 0 Å². The third-order valence-electron chi connectivity index (χ3n) is 2.33. The molecule has 1 unspecified atom stereocenters. The van der Waals surface area contributed by atoms with Gasteiger partial charge in [0, 0.05) is 13.0 Å². The van der Waals surface area contributed by atoms with Crippen LogP contribution in [0.2, 0.25) is 0 Å². The molecule has 0 aliphatic carbocycles. The molecule has 1 saturated heterocycles. The minimum absolute atomic E-state index is 0.177. The van der Waals surface area contributed by atoms with Gasteiger partial charge < -0.3 is 10.1 Å². The van der Waals surface area contributed by atoms with E-state index in [0.717, 1.165) is 19.3 Å². The summed E-state index contributed by atoms with van der Waals surface area (Å²) in [6.45, 7) is 3.15. The largest absolute Gasteiger partial charge is 0.465 e. The van der Waals surface area contributed by atoms with Crippen molar-refractivity contribution in [3.8, 4) is 0 Å². The number of unbranched alkanes of at least 4 members (excludes halogenated alkanes) is 2. The number of rotatable bonds is 5. The normalized spacial score (nSPS) is 20.6. The molecule has 14 heavy (non-hydrogen) atoms. The number of esters is 1. The van der Waals surface area contributed by atoms with Crippen molar-refractivity contribution in [1.29, 1.82) is 0 Å². The maximum Gasteiger partial charge on any atom is 0.318 e. The average Bonchev–Trinajstić information content (AvgIpc) is 2.59. The van der Waals surface area contributed by atoms with Crippen molar-refractivity contribution >= 4 is 11.9 Å². The number of carbonyl (C=O) groups excluding carboxylic acids is 2. The predicted molar refractivity (Wildman–Crippen MR) is 51.6 cm³/mol. The molecule has 4 nitrogen and oxygen atoms in total. The van der Waals surface area contributed by atoms with Gasteiger partial charge in [0.2, 0.25) is 5.91 Å². The lowest BCUT2D eigenvalue weighted by molar-refractivity contribution is -0.145. The molecule has 1 heterocycles. The van der Waals surface area contributed by atoms with Crippen molar-refractivity contribution in [3.05, 3.63) is 0 Å². The highest BCUT2D eigenvalue weighted by Crippen LogP contribution is 2.13. The second-order valence-electron chi connectivity index (χ2n) is 3.51. The second-order valence-corrected chi connectivity index (χ2v) is 3.51. The van der Waals surface area contributed by atoms with Gasteiger partial charge >= 0.3 is 5.97 Å². The van der Waals surface area contributed by atoms with E-state index in [0.29, 0.717) is 19.6 Å². The number of hydrogen-bond donors (Lipinski definition) is 1. The van der Waals surface area contributed by atoms with Gasteiger partial charge in [-0.25, -0.2) is 0 Å². The highest BCUT2D eigenvalue weighted by molar-refractivity contribution is 5.98. The Bertz CT molecular complexity index is 215. The molecule has 1 atom stereocenters. The van der Waals surface area contributed by atoms with Crippen molar-refractivity contribution in [1.82, 2.24) is 5.32 Å². The van der Waals surface area contributed by atoms with Crippen LogP contribution in [0.25, 0.3) is 0 Å². The zero-order valence-corrected chi connectivity index (χ0v) is 8.54. The van der Waals surface area contributed by atoms with Crippen LogP contribution in [0.5, 0.6) is 0 Å². The molecule has 0 radical (unpaired) electrons. The molecule has 80 valence electrons. The van der Waals surface area contributed by atoms with Crippen LogP contribution in [0.15, 0.2) is 0 Å². The van der Waals surface area contributed by atoms with E-state index in [1.54, 1.807) is 0 Å². The highest BCUT2D eigenvalue weighted by Gasteiger charge is 2.32. The highest BCUT2D eigenvalue weighted by atomic mass is 16.5. The summed E-state index contributed by atoms with van der Waals surface area (Å²) in [5, 5.41) is 2.75. The van der Waals surface area contributed by atoms with Gasteiger partial charge in [0.05, 0.1) is 6.61 Å². The number of carbonyl (C=O) groups is 2. The summed E-state index contributed by atoms with van der Waals surface area (Å²) in [5.41, 5.74) is 0. The quantitative estimate of drug-likeness (QED) is 0.406. The zero-order valence-electron chi connectivity index (χ0n) is 8.54. The van der Waals surface area contributed by atoms with Crippen molar-refractivity contribution in [3.63, 3.8) is 0 Å². The number of hydrogen-bond acceptors (Lipinski definition) is 3. The predicted octanol–water partition coefficient (Wildman–Crippen LogP) is 0.856. The average molecular weight is 199 g/mol. The molecule has 1 rings (SSSR count). The van der Waals surface area contributed by atoms with Gasteiger partial charge in [0.1, 0.15) is 5.92 Å². The molecule has 0 aromatic carbocycles. The molecule has 0 bridgehead atoms. The third kappa shape index (κ3) is 3.01. The van der Waals surface area contributed by atoms with Crippen LogP contribution in [0.3, 0.4) is 0 Å². The Kier molecular flexibility index (Phi) is 4.43. The number of nitrogens with one attached hydrogen (secondary N) is 1. The minimum atomic E-state index is -0.559. The number of amides is 1. The molecule has 0 spiro atoms. The third-order valence-corrected chi connectivity index (χ3v) is 2.33. The molecule has 4 heteroatoms. The first-order valence-electron chi connectivity index (χ1n) is 5.20. The monoisotopic (exact) mass is 199 g/mol. The maximum absolute atomic E-state index is 11.4. The minimum Gasteiger partial charge on any atom is -0.465 e. The fraction of sp³-hybridized carbons (Fsp3) is 0.800. The Hall–Kier alpha value is -1.06. The van der Waals surface area contributed by atoms with Gasteiger partial charge in [-0.1, -0.05) is 19.8 Å². The second kappa shape index (κ2) is 5.62. The molecular weight excluding hydrogens is 182 g/mol. The van der Waals surface area contributed by atoms with Gasteiger partial charge in [0.15, 0.2) is 0 Å². The maximum atomic E-state index is 11.4. The first-order valence-corrected chi connectivity index (χ1v) is 5.20. The first kappa shape index (κ1) is 11.0. The Morgan fingerprint density at radius 2 is 2.36 bits per heavy atom. The van der Waals surface area contributed by atoms with Gasteiger partial charge in [-0.2, -0.15) is 0 Å². The van der Waals surface area contributed by atoms with Crippen LogP contribution >= 0.6 is 0 Å². The molecule has 1 N–H and O–H groups in total. The van der Waals surface area contributed by atoms with Gasteiger partial charge in [0.25, 0.3) is 0 Å². The molecule has 1 aliphatic heterocycles. The molecule has 0 saturated carbocycles. The van der Waals surface area contributed by atoms with E-state index in [4.69, 9.17) is 4.74 Å². The lowest BCUT2D eigenvalue weighted by atomic mass is 10.1. The van der Waals surface area contributed by atoms with Crippen LogP contribution < -0.4 is 5.32 Å². The molecule has 0 aromatic rings. The van der Waals surface area contributed by atoms with E-state index in [-0.39, 0.29) is 11.9 Å². The van der Waals surface area contributed by atoms with Crippen molar-refractivity contribution in [2.45, 2.75) is 32.6 Å². The van der Waals surface area contributed by atoms with Crippen LogP contribution in [-0.4, -0.2) is 25.0 Å². The van der Waals surface area contributed by atoms with Crippen LogP contribution in [-0.2, 0) is 14.3 Å². The van der Waals surface area contributed by atoms with Crippen LogP contribution in [0.4, 0.5) is 0 Å². The van der Waals surface area contributed by atoms with Gasteiger partial charge in [-0.3, -0.25) is 9.59 Å². The Morgan fingerprint density at radius 1 is 1.57 bits per heavy atom. The summed E-state index contributed by atoms with van der Waals surface area (Å²) in [4.78, 5) is 22.4. The summed E-state index contributed by atoms with van der Waals surface area (Å²) < 4.78 is 4.71. The molecular formula is C10H17NO3. The van der Waals surface area contributed by atoms with Crippen molar-refractivity contribution < 1.29 is 14.3 Å². The fourth-order valence-corrected chi connectivity index (χ4v) is 1.44. The van der Waals surface area contributed by atoms with Crippen molar-refractivity contribution in [2.75, 3.05) is 13.2 Å². The lowest BCUT2D eigenvalue weighted by Crippen LogP contribution is -2.33. The van der Waals surface area contributed by atoms with Gasteiger partial charge in [-0.15, -0.1) is 0 Å². The number of ether oxygens (including phenoxy) is 1. The van der Waals surface area contributed by atoms with Gasteiger partial charge in [-0.05, 0) is 6.42 Å². The van der Waals surface area contributed by atoms with E-state index < -0.39 is 5.92 Å². The summed E-state index contributed by atoms with van der Waals surface area (Å²) in [6, 6.07) is 0. The lowest BCUT2D eigenvalue weighted by Gasteiger charge is -2.06. The van der Waals surface area contributed by atoms with E-state index in [9.17, 15) is 9.59 Å². The Morgan fingerprint density at radius 3 is 2.93 bits per heavy atom. The smallest absolute Gasteiger partial charge is 0.318 e. The standard InChI is InChI=1S/C10H17NO3/c1-2-3-4-6-11-9(12)8-5-7-14-10(8)13/h8H,2-7H2,1H3,(H,11,12). The molecule has 0 aromatic heterocycles. The summed E-state index contributed by atoms with van der Waals surface area (Å²) in [6.07, 6.45) is 3.74. The van der Waals surface area contributed by atoms with Crippen molar-refractivity contribution in [2.24, 2.45) is 5.92 Å². The topological polar surface area (TPSA) is 55.4 Å². The van der Waals surface area contributed by atoms with E-state index in [1.807, 2.05) is 0 Å².